The maximum Gasteiger partial charge on any atom is 0.248 e. The highest BCUT2D eigenvalue weighted by Crippen LogP contribution is 2.30. The number of tetrazole rings is 1. The molecule has 1 aliphatic rings. The first kappa shape index (κ1) is 16.7. The molecule has 0 saturated carbocycles. The molecule has 0 aliphatic carbocycles. The molecule has 9 nitrogen and oxygen atoms in total. The van der Waals surface area contributed by atoms with Crippen LogP contribution >= 0.6 is 0 Å². The van der Waals surface area contributed by atoms with Crippen molar-refractivity contribution in [1.82, 2.24) is 20.2 Å². The van der Waals surface area contributed by atoms with Gasteiger partial charge in [-0.05, 0) is 35.5 Å². The lowest BCUT2D eigenvalue weighted by Gasteiger charge is -2.18. The highest BCUT2D eigenvalue weighted by molar-refractivity contribution is 5.96. The van der Waals surface area contributed by atoms with Crippen LogP contribution in [0.5, 0.6) is 11.5 Å². The summed E-state index contributed by atoms with van der Waals surface area (Å²) in [5.74, 6) is 0.830. The third-order valence-corrected chi connectivity index (χ3v) is 4.03. The van der Waals surface area contributed by atoms with Gasteiger partial charge < -0.3 is 15.2 Å². The Kier molecular flexibility index (Phi) is 4.25. The van der Waals surface area contributed by atoms with Crippen LogP contribution in [0.25, 0.3) is 11.4 Å². The van der Waals surface area contributed by atoms with E-state index in [0.717, 1.165) is 0 Å². The predicted octanol–water partition coefficient (Wildman–Crippen LogP) is 1.09. The number of carbonyl (C=O) groups excluding carboxylic acids is 2. The van der Waals surface area contributed by atoms with Crippen LogP contribution < -0.4 is 15.2 Å². The van der Waals surface area contributed by atoms with Crippen LogP contribution in [0.4, 0.5) is 0 Å². The summed E-state index contributed by atoms with van der Waals surface area (Å²) in [7, 11) is 0. The number of nitrogens with zero attached hydrogens (tertiary/aromatic N) is 4. The minimum atomic E-state index is -0.511. The number of ether oxygens (including phenoxy) is 2. The van der Waals surface area contributed by atoms with Crippen molar-refractivity contribution in [2.24, 2.45) is 5.73 Å². The first-order chi connectivity index (χ1) is 13.1. The largest absolute Gasteiger partial charge is 0.486 e. The van der Waals surface area contributed by atoms with E-state index in [2.05, 4.69) is 15.4 Å². The zero-order valence-corrected chi connectivity index (χ0v) is 14.2. The fraction of sp³-hybridized carbons (Fsp3) is 0.167. The first-order valence-corrected chi connectivity index (χ1v) is 8.21. The first-order valence-electron chi connectivity index (χ1n) is 8.21. The summed E-state index contributed by atoms with van der Waals surface area (Å²) in [4.78, 5) is 24.8. The molecule has 2 N–H and O–H groups in total. The predicted molar refractivity (Wildman–Crippen MR) is 93.5 cm³/mol. The van der Waals surface area contributed by atoms with E-state index < -0.39 is 5.91 Å². The number of nitrogens with two attached hydrogens (primary N) is 1. The second kappa shape index (κ2) is 6.87. The van der Waals surface area contributed by atoms with Gasteiger partial charge in [-0.1, -0.05) is 12.1 Å². The number of hydrogen-bond donors (Lipinski definition) is 1. The number of ketones is 1. The van der Waals surface area contributed by atoms with Gasteiger partial charge in [0, 0.05) is 16.7 Å². The van der Waals surface area contributed by atoms with Gasteiger partial charge >= 0.3 is 0 Å². The number of carbonyl (C=O) groups is 2. The van der Waals surface area contributed by atoms with Crippen LogP contribution in [-0.2, 0) is 6.54 Å². The molecular weight excluding hydrogens is 350 g/mol. The molecule has 0 saturated heterocycles. The van der Waals surface area contributed by atoms with Crippen LogP contribution in [0.2, 0.25) is 0 Å². The summed E-state index contributed by atoms with van der Waals surface area (Å²) < 4.78 is 10.9. The van der Waals surface area contributed by atoms with E-state index in [-0.39, 0.29) is 12.3 Å². The maximum atomic E-state index is 12.5. The number of primary amides is 1. The van der Waals surface area contributed by atoms with Crippen molar-refractivity contribution in [1.29, 1.82) is 0 Å². The van der Waals surface area contributed by atoms with E-state index in [1.165, 1.54) is 4.80 Å². The fourth-order valence-corrected chi connectivity index (χ4v) is 2.65. The molecular formula is C18H15N5O4. The van der Waals surface area contributed by atoms with Gasteiger partial charge in [0.05, 0.1) is 0 Å². The van der Waals surface area contributed by atoms with E-state index in [1.54, 1.807) is 42.5 Å². The summed E-state index contributed by atoms with van der Waals surface area (Å²) in [6.07, 6.45) is 0. The second-order valence-electron chi connectivity index (χ2n) is 5.87. The summed E-state index contributed by atoms with van der Waals surface area (Å²) in [6.45, 7) is 0.881. The number of fused-ring (bicyclic) bond motifs is 1. The Morgan fingerprint density at radius 2 is 1.70 bits per heavy atom. The molecule has 3 aromatic rings. The van der Waals surface area contributed by atoms with E-state index in [4.69, 9.17) is 15.2 Å². The van der Waals surface area contributed by atoms with Crippen molar-refractivity contribution in [3.8, 4) is 22.9 Å². The van der Waals surface area contributed by atoms with Crippen LogP contribution in [0, 0.1) is 0 Å². The molecule has 0 bridgehead atoms. The Balaban J connectivity index is 1.49. The van der Waals surface area contributed by atoms with Gasteiger partial charge in [0.1, 0.15) is 19.8 Å². The SMILES string of the molecule is NC(=O)c1ccc(-c2nnn(CC(=O)c3ccc4c(c3)OCCO4)n2)cc1. The van der Waals surface area contributed by atoms with Crippen molar-refractivity contribution in [3.63, 3.8) is 0 Å². The maximum absolute atomic E-state index is 12.5. The average Bonchev–Trinajstić information content (AvgIpc) is 3.16. The Morgan fingerprint density at radius 1 is 1.00 bits per heavy atom. The van der Waals surface area contributed by atoms with Gasteiger partial charge in [0.15, 0.2) is 17.3 Å². The summed E-state index contributed by atoms with van der Waals surface area (Å²) in [6, 6.07) is 11.5. The summed E-state index contributed by atoms with van der Waals surface area (Å²) in [5, 5.41) is 12.1. The number of benzene rings is 2. The Hall–Kier alpha value is -3.75. The van der Waals surface area contributed by atoms with Gasteiger partial charge in [0.2, 0.25) is 11.7 Å². The van der Waals surface area contributed by atoms with Gasteiger partial charge in [-0.3, -0.25) is 9.59 Å². The van der Waals surface area contributed by atoms with Crippen LogP contribution in [-0.4, -0.2) is 45.1 Å². The minimum Gasteiger partial charge on any atom is -0.486 e. The third-order valence-electron chi connectivity index (χ3n) is 4.03. The van der Waals surface area contributed by atoms with Gasteiger partial charge in [0.25, 0.3) is 0 Å². The minimum absolute atomic E-state index is 0.0635. The van der Waals surface area contributed by atoms with Crippen LogP contribution in [0.15, 0.2) is 42.5 Å². The van der Waals surface area contributed by atoms with Crippen molar-refractivity contribution in [2.75, 3.05) is 13.2 Å². The summed E-state index contributed by atoms with van der Waals surface area (Å²) in [5.41, 5.74) is 6.75. The number of hydrogen-bond acceptors (Lipinski definition) is 7. The van der Waals surface area contributed by atoms with Crippen molar-refractivity contribution in [3.05, 3.63) is 53.6 Å². The molecule has 4 rings (SSSR count). The molecule has 0 unspecified atom stereocenters. The normalized spacial score (nSPS) is 12.6. The highest BCUT2D eigenvalue weighted by atomic mass is 16.6. The Bertz CT molecular complexity index is 1010. The molecule has 0 spiro atoms. The molecule has 0 atom stereocenters. The van der Waals surface area contributed by atoms with Crippen molar-refractivity contribution >= 4 is 11.7 Å². The van der Waals surface area contributed by atoms with Crippen LogP contribution in [0.3, 0.4) is 0 Å². The topological polar surface area (TPSA) is 122 Å². The lowest BCUT2D eigenvalue weighted by Crippen LogP contribution is -2.17. The molecule has 1 aliphatic heterocycles. The third kappa shape index (κ3) is 3.47. The van der Waals surface area contributed by atoms with Crippen molar-refractivity contribution in [2.45, 2.75) is 6.54 Å². The average molecular weight is 365 g/mol. The quantitative estimate of drug-likeness (QED) is 0.672. The molecule has 2 heterocycles. The van der Waals surface area contributed by atoms with Gasteiger partial charge in [-0.15, -0.1) is 10.2 Å². The molecule has 9 heteroatoms. The molecule has 136 valence electrons. The zero-order chi connectivity index (χ0) is 18.8. The molecule has 0 radical (unpaired) electrons. The van der Waals surface area contributed by atoms with E-state index in [1.807, 2.05) is 0 Å². The lowest BCUT2D eigenvalue weighted by atomic mass is 10.1. The standard InChI is InChI=1S/C18H15N5O4/c19-17(25)11-1-3-12(4-2-11)18-20-22-23(21-18)10-14(24)13-5-6-15-16(9-13)27-8-7-26-15/h1-6,9H,7-8,10H2,(H2,19,25). The zero-order valence-electron chi connectivity index (χ0n) is 14.2. The number of aromatic nitrogens is 4. The number of amides is 1. The highest BCUT2D eigenvalue weighted by Gasteiger charge is 2.16. The van der Waals surface area contributed by atoms with E-state index in [0.29, 0.717) is 47.2 Å². The van der Waals surface area contributed by atoms with Gasteiger partial charge in [-0.2, -0.15) is 4.80 Å². The number of Topliss-reactive ketones (excluding diaryl/α,β-unsaturated/α-hetero) is 1. The van der Waals surface area contributed by atoms with Crippen molar-refractivity contribution < 1.29 is 19.1 Å². The van der Waals surface area contributed by atoms with Crippen LogP contribution in [0.1, 0.15) is 20.7 Å². The van der Waals surface area contributed by atoms with Gasteiger partial charge in [-0.25, -0.2) is 0 Å². The molecule has 0 fully saturated rings. The molecule has 2 aromatic carbocycles. The Morgan fingerprint density at radius 3 is 2.44 bits per heavy atom. The summed E-state index contributed by atoms with van der Waals surface area (Å²) >= 11 is 0. The smallest absolute Gasteiger partial charge is 0.248 e. The van der Waals surface area contributed by atoms with E-state index >= 15 is 0 Å². The second-order valence-corrected chi connectivity index (χ2v) is 5.87. The Labute approximate surface area is 153 Å². The van der Waals surface area contributed by atoms with E-state index in [9.17, 15) is 9.59 Å². The monoisotopic (exact) mass is 365 g/mol. The lowest BCUT2D eigenvalue weighted by molar-refractivity contribution is 0.0958. The fourth-order valence-electron chi connectivity index (χ4n) is 2.65. The number of rotatable bonds is 5. The molecule has 1 amide bonds. The molecule has 27 heavy (non-hydrogen) atoms. The molecule has 1 aromatic heterocycles.